The summed E-state index contributed by atoms with van der Waals surface area (Å²) in [5.74, 6) is 0.919. The molecule has 16 heavy (non-hydrogen) atoms. The van der Waals surface area contributed by atoms with Crippen LogP contribution < -0.4 is 4.74 Å². The van der Waals surface area contributed by atoms with Gasteiger partial charge in [-0.15, -0.1) is 0 Å². The minimum absolute atomic E-state index is 0.198. The van der Waals surface area contributed by atoms with Crippen LogP contribution in [0.25, 0.3) is 0 Å². The van der Waals surface area contributed by atoms with Crippen LogP contribution in [0.2, 0.25) is 5.02 Å². The average Bonchev–Trinajstić information content (AvgIpc) is 2.26. The van der Waals surface area contributed by atoms with E-state index in [1.807, 2.05) is 13.0 Å². The fourth-order valence-electron chi connectivity index (χ4n) is 1.97. The number of ketones is 1. The van der Waals surface area contributed by atoms with Gasteiger partial charge in [0.25, 0.3) is 0 Å². The van der Waals surface area contributed by atoms with Gasteiger partial charge in [0, 0.05) is 12.0 Å². The van der Waals surface area contributed by atoms with Gasteiger partial charge >= 0.3 is 0 Å². The number of Topliss-reactive ketones (excluding diaryl/α,β-unsaturated/α-hetero) is 1. The van der Waals surface area contributed by atoms with Gasteiger partial charge in [0.05, 0.1) is 15.2 Å². The Morgan fingerprint density at radius 1 is 1.50 bits per heavy atom. The second kappa shape index (κ2) is 4.92. The van der Waals surface area contributed by atoms with Crippen molar-refractivity contribution in [1.82, 2.24) is 0 Å². The molecular formula is C12H12ClIO2. The van der Waals surface area contributed by atoms with Crippen LogP contribution in [0.15, 0.2) is 6.07 Å². The Labute approximate surface area is 113 Å². The number of carbonyl (C=O) groups excluding carboxylic acids is 1. The molecule has 1 aliphatic carbocycles. The first kappa shape index (κ1) is 12.2. The van der Waals surface area contributed by atoms with Crippen molar-refractivity contribution in [3.63, 3.8) is 0 Å². The molecular weight excluding hydrogens is 338 g/mol. The van der Waals surface area contributed by atoms with Gasteiger partial charge in [0.1, 0.15) is 0 Å². The molecule has 0 atom stereocenters. The van der Waals surface area contributed by atoms with Crippen LogP contribution in [0.1, 0.15) is 35.7 Å². The van der Waals surface area contributed by atoms with E-state index in [1.54, 1.807) is 0 Å². The Bertz CT molecular complexity index is 443. The lowest BCUT2D eigenvalue weighted by Gasteiger charge is -2.19. The highest BCUT2D eigenvalue weighted by Gasteiger charge is 2.23. The van der Waals surface area contributed by atoms with Gasteiger partial charge in [-0.25, -0.2) is 0 Å². The first-order chi connectivity index (χ1) is 7.65. The second-order valence-electron chi connectivity index (χ2n) is 3.74. The summed E-state index contributed by atoms with van der Waals surface area (Å²) in [7, 11) is 0. The molecule has 0 radical (unpaired) electrons. The maximum absolute atomic E-state index is 11.8. The van der Waals surface area contributed by atoms with Crippen molar-refractivity contribution in [2.45, 2.75) is 26.2 Å². The van der Waals surface area contributed by atoms with Crippen LogP contribution in [0, 0.1) is 3.57 Å². The average molecular weight is 351 g/mol. The quantitative estimate of drug-likeness (QED) is 0.757. The predicted molar refractivity (Wildman–Crippen MR) is 72.6 cm³/mol. The summed E-state index contributed by atoms with van der Waals surface area (Å²) in [5, 5.41) is 0.622. The van der Waals surface area contributed by atoms with Gasteiger partial charge in [-0.05, 0) is 54.0 Å². The molecule has 86 valence electrons. The van der Waals surface area contributed by atoms with Gasteiger partial charge in [0.15, 0.2) is 11.5 Å². The first-order valence-electron chi connectivity index (χ1n) is 5.32. The number of halogens is 2. The number of hydrogen-bond donors (Lipinski definition) is 0. The SMILES string of the molecule is CCOc1c(I)cc2c(c1Cl)CCCC2=O. The van der Waals surface area contributed by atoms with Crippen LogP contribution >= 0.6 is 34.2 Å². The number of carbonyl (C=O) groups is 1. The van der Waals surface area contributed by atoms with Gasteiger partial charge < -0.3 is 4.74 Å². The Morgan fingerprint density at radius 3 is 2.94 bits per heavy atom. The summed E-state index contributed by atoms with van der Waals surface area (Å²) in [6.45, 7) is 2.51. The highest BCUT2D eigenvalue weighted by Crippen LogP contribution is 2.38. The lowest BCUT2D eigenvalue weighted by molar-refractivity contribution is 0.0972. The smallest absolute Gasteiger partial charge is 0.163 e. The minimum Gasteiger partial charge on any atom is -0.491 e. The van der Waals surface area contributed by atoms with Crippen molar-refractivity contribution < 1.29 is 9.53 Å². The van der Waals surface area contributed by atoms with Crippen molar-refractivity contribution in [2.75, 3.05) is 6.61 Å². The van der Waals surface area contributed by atoms with Crippen molar-refractivity contribution in [3.8, 4) is 5.75 Å². The number of ether oxygens (including phenoxy) is 1. The van der Waals surface area contributed by atoms with Crippen LogP contribution in [0.5, 0.6) is 5.75 Å². The summed E-state index contributed by atoms with van der Waals surface area (Å²) < 4.78 is 6.43. The van der Waals surface area contributed by atoms with E-state index in [0.717, 1.165) is 33.3 Å². The summed E-state index contributed by atoms with van der Waals surface area (Å²) in [4.78, 5) is 11.8. The third-order valence-corrected chi connectivity index (χ3v) is 3.90. The number of hydrogen-bond acceptors (Lipinski definition) is 2. The molecule has 2 rings (SSSR count). The van der Waals surface area contributed by atoms with Crippen molar-refractivity contribution in [2.24, 2.45) is 0 Å². The van der Waals surface area contributed by atoms with Gasteiger partial charge in [-0.1, -0.05) is 11.6 Å². The van der Waals surface area contributed by atoms with Crippen LogP contribution in [0.3, 0.4) is 0 Å². The van der Waals surface area contributed by atoms with Crippen molar-refractivity contribution in [1.29, 1.82) is 0 Å². The molecule has 1 aliphatic rings. The minimum atomic E-state index is 0.198. The van der Waals surface area contributed by atoms with E-state index in [0.29, 0.717) is 18.1 Å². The first-order valence-corrected chi connectivity index (χ1v) is 6.77. The Hall–Kier alpha value is -0.290. The van der Waals surface area contributed by atoms with E-state index >= 15 is 0 Å². The number of rotatable bonds is 2. The largest absolute Gasteiger partial charge is 0.491 e. The summed E-state index contributed by atoms with van der Waals surface area (Å²) in [6, 6.07) is 1.90. The van der Waals surface area contributed by atoms with Crippen LogP contribution in [-0.4, -0.2) is 12.4 Å². The lowest BCUT2D eigenvalue weighted by Crippen LogP contribution is -2.12. The Morgan fingerprint density at radius 2 is 2.25 bits per heavy atom. The molecule has 0 bridgehead atoms. The molecule has 0 amide bonds. The normalized spacial score (nSPS) is 14.8. The zero-order valence-corrected chi connectivity index (χ0v) is 11.9. The predicted octanol–water partition coefficient (Wildman–Crippen LogP) is 3.86. The van der Waals surface area contributed by atoms with Crippen LogP contribution in [-0.2, 0) is 6.42 Å². The molecule has 0 saturated heterocycles. The Kier molecular flexibility index (Phi) is 3.74. The maximum Gasteiger partial charge on any atom is 0.163 e. The molecule has 4 heteroatoms. The molecule has 1 aromatic carbocycles. The van der Waals surface area contributed by atoms with E-state index in [-0.39, 0.29) is 5.78 Å². The molecule has 1 aromatic rings. The third kappa shape index (κ3) is 2.07. The monoisotopic (exact) mass is 350 g/mol. The van der Waals surface area contributed by atoms with Gasteiger partial charge in [-0.2, -0.15) is 0 Å². The number of benzene rings is 1. The number of fused-ring (bicyclic) bond motifs is 1. The van der Waals surface area contributed by atoms with Crippen molar-refractivity contribution in [3.05, 3.63) is 25.8 Å². The van der Waals surface area contributed by atoms with E-state index < -0.39 is 0 Å². The van der Waals surface area contributed by atoms with E-state index in [9.17, 15) is 4.79 Å². The second-order valence-corrected chi connectivity index (χ2v) is 5.28. The molecule has 2 nitrogen and oxygen atoms in total. The summed E-state index contributed by atoms with van der Waals surface area (Å²) >= 11 is 8.46. The molecule has 0 heterocycles. The standard InChI is InChI=1S/C12H12ClIO2/c1-2-16-12-9(14)6-8-7(11(12)13)4-3-5-10(8)15/h6H,2-5H2,1H3. The zero-order valence-electron chi connectivity index (χ0n) is 8.98. The fourth-order valence-corrected chi connectivity index (χ4v) is 3.22. The summed E-state index contributed by atoms with van der Waals surface area (Å²) in [6.07, 6.45) is 2.39. The lowest BCUT2D eigenvalue weighted by atomic mass is 9.90. The molecule has 0 saturated carbocycles. The fraction of sp³-hybridized carbons (Fsp3) is 0.417. The Balaban J connectivity index is 2.57. The molecule has 0 unspecified atom stereocenters. The van der Waals surface area contributed by atoms with Gasteiger partial charge in [-0.3, -0.25) is 4.79 Å². The van der Waals surface area contributed by atoms with E-state index in [4.69, 9.17) is 16.3 Å². The molecule has 0 fully saturated rings. The molecule has 0 aromatic heterocycles. The van der Waals surface area contributed by atoms with E-state index in [1.165, 1.54) is 0 Å². The highest BCUT2D eigenvalue weighted by molar-refractivity contribution is 14.1. The van der Waals surface area contributed by atoms with Gasteiger partial charge in [0.2, 0.25) is 0 Å². The molecule has 0 aliphatic heterocycles. The highest BCUT2D eigenvalue weighted by atomic mass is 127. The van der Waals surface area contributed by atoms with Crippen molar-refractivity contribution >= 4 is 40.0 Å². The third-order valence-electron chi connectivity index (χ3n) is 2.70. The molecule has 0 N–H and O–H groups in total. The topological polar surface area (TPSA) is 26.3 Å². The van der Waals surface area contributed by atoms with Crippen LogP contribution in [0.4, 0.5) is 0 Å². The zero-order chi connectivity index (χ0) is 11.7. The van der Waals surface area contributed by atoms with E-state index in [2.05, 4.69) is 22.6 Å². The maximum atomic E-state index is 11.8. The molecule has 0 spiro atoms. The summed E-state index contributed by atoms with van der Waals surface area (Å²) in [5.41, 5.74) is 1.74.